The Morgan fingerprint density at radius 1 is 1.38 bits per heavy atom. The first kappa shape index (κ1) is 10.6. The van der Waals surface area contributed by atoms with Gasteiger partial charge in [-0.1, -0.05) is 12.1 Å². The summed E-state index contributed by atoms with van der Waals surface area (Å²) < 4.78 is 0. The van der Waals surface area contributed by atoms with Crippen molar-refractivity contribution in [3.63, 3.8) is 0 Å². The Bertz CT molecular complexity index is 522. The van der Waals surface area contributed by atoms with Crippen molar-refractivity contribution in [3.05, 3.63) is 51.4 Å². The minimum atomic E-state index is -0.380. The monoisotopic (exact) mass is 234 g/mol. The molecule has 2 rings (SSSR count). The summed E-state index contributed by atoms with van der Waals surface area (Å²) in [6, 6.07) is 9.23. The molecule has 0 saturated heterocycles. The second kappa shape index (κ2) is 4.32. The standard InChI is InChI=1S/C11H10N2O2S/c1-8-3-2-4-9(7-8)12-11-10(13(14)15)5-6-16-11/h2-7,12H,1H3. The molecule has 82 valence electrons. The molecule has 16 heavy (non-hydrogen) atoms. The summed E-state index contributed by atoms with van der Waals surface area (Å²) >= 11 is 1.33. The Hall–Kier alpha value is -1.88. The number of nitrogens with one attached hydrogen (secondary N) is 1. The lowest BCUT2D eigenvalue weighted by Gasteiger charge is -2.03. The van der Waals surface area contributed by atoms with Gasteiger partial charge in [-0.25, -0.2) is 0 Å². The highest BCUT2D eigenvalue weighted by Crippen LogP contribution is 2.33. The van der Waals surface area contributed by atoms with E-state index in [0.29, 0.717) is 5.00 Å². The lowest BCUT2D eigenvalue weighted by atomic mass is 10.2. The van der Waals surface area contributed by atoms with Gasteiger partial charge in [-0.15, -0.1) is 11.3 Å². The Morgan fingerprint density at radius 3 is 2.88 bits per heavy atom. The van der Waals surface area contributed by atoms with Crippen molar-refractivity contribution in [1.29, 1.82) is 0 Å². The van der Waals surface area contributed by atoms with Crippen LogP contribution < -0.4 is 5.32 Å². The molecule has 1 aromatic heterocycles. The van der Waals surface area contributed by atoms with Crippen molar-refractivity contribution in [2.75, 3.05) is 5.32 Å². The van der Waals surface area contributed by atoms with Crippen LogP contribution in [0.4, 0.5) is 16.4 Å². The van der Waals surface area contributed by atoms with E-state index in [1.807, 2.05) is 31.2 Å². The number of thiophene rings is 1. The van der Waals surface area contributed by atoms with E-state index in [-0.39, 0.29) is 10.6 Å². The number of hydrogen-bond donors (Lipinski definition) is 1. The average Bonchev–Trinajstić information content (AvgIpc) is 2.66. The molecule has 0 aliphatic carbocycles. The number of anilines is 2. The maximum atomic E-state index is 10.7. The van der Waals surface area contributed by atoms with E-state index in [1.54, 1.807) is 5.38 Å². The first-order chi connectivity index (χ1) is 7.66. The van der Waals surface area contributed by atoms with Gasteiger partial charge in [0.25, 0.3) is 0 Å². The third kappa shape index (κ3) is 2.20. The smallest absolute Gasteiger partial charge is 0.303 e. The van der Waals surface area contributed by atoms with Crippen LogP contribution >= 0.6 is 11.3 Å². The number of nitrogens with zero attached hydrogens (tertiary/aromatic N) is 1. The summed E-state index contributed by atoms with van der Waals surface area (Å²) in [5.41, 5.74) is 2.10. The van der Waals surface area contributed by atoms with Gasteiger partial charge in [-0.2, -0.15) is 0 Å². The number of hydrogen-bond acceptors (Lipinski definition) is 4. The van der Waals surface area contributed by atoms with Crippen molar-refractivity contribution in [1.82, 2.24) is 0 Å². The molecule has 0 atom stereocenters. The minimum Gasteiger partial charge on any atom is -0.342 e. The van der Waals surface area contributed by atoms with Crippen molar-refractivity contribution >= 4 is 27.7 Å². The van der Waals surface area contributed by atoms with Crippen LogP contribution in [0.5, 0.6) is 0 Å². The highest BCUT2D eigenvalue weighted by molar-refractivity contribution is 7.14. The van der Waals surface area contributed by atoms with Crippen LogP contribution in [0.2, 0.25) is 0 Å². The Kier molecular flexibility index (Phi) is 2.87. The SMILES string of the molecule is Cc1cccc(Nc2sccc2[N+](=O)[O-])c1. The molecule has 0 aliphatic heterocycles. The quantitative estimate of drug-likeness (QED) is 0.650. The van der Waals surface area contributed by atoms with E-state index in [0.717, 1.165) is 11.3 Å². The molecule has 0 radical (unpaired) electrons. The fraction of sp³-hybridized carbons (Fsp3) is 0.0909. The average molecular weight is 234 g/mol. The molecule has 4 nitrogen and oxygen atoms in total. The predicted molar refractivity (Wildman–Crippen MR) is 65.4 cm³/mol. The molecule has 0 aliphatic rings. The third-order valence-electron chi connectivity index (χ3n) is 2.12. The molecule has 0 unspecified atom stereocenters. The molecule has 1 N–H and O–H groups in total. The van der Waals surface area contributed by atoms with Crippen molar-refractivity contribution in [2.24, 2.45) is 0 Å². The maximum Gasteiger partial charge on any atom is 0.303 e. The molecule has 0 bridgehead atoms. The lowest BCUT2D eigenvalue weighted by Crippen LogP contribution is -1.93. The summed E-state index contributed by atoms with van der Waals surface area (Å²) in [5, 5.41) is 16.0. The minimum absolute atomic E-state index is 0.117. The molecular formula is C11H10N2O2S. The number of rotatable bonds is 3. The van der Waals surface area contributed by atoms with E-state index < -0.39 is 0 Å². The van der Waals surface area contributed by atoms with Crippen LogP contribution in [-0.2, 0) is 0 Å². The molecule has 0 spiro atoms. The van der Waals surface area contributed by atoms with Gasteiger partial charge in [-0.3, -0.25) is 10.1 Å². The van der Waals surface area contributed by atoms with Gasteiger partial charge < -0.3 is 5.32 Å². The lowest BCUT2D eigenvalue weighted by molar-refractivity contribution is -0.383. The third-order valence-corrected chi connectivity index (χ3v) is 2.94. The van der Waals surface area contributed by atoms with Gasteiger partial charge in [0.1, 0.15) is 0 Å². The zero-order chi connectivity index (χ0) is 11.5. The van der Waals surface area contributed by atoms with Crippen LogP contribution in [0, 0.1) is 17.0 Å². The summed E-state index contributed by atoms with van der Waals surface area (Å²) in [5.74, 6) is 0. The molecule has 1 heterocycles. The zero-order valence-corrected chi connectivity index (χ0v) is 9.45. The van der Waals surface area contributed by atoms with Crippen LogP contribution in [0.25, 0.3) is 0 Å². The molecule has 1 aromatic carbocycles. The zero-order valence-electron chi connectivity index (χ0n) is 8.64. The Morgan fingerprint density at radius 2 is 2.19 bits per heavy atom. The topological polar surface area (TPSA) is 55.2 Å². The van der Waals surface area contributed by atoms with E-state index in [9.17, 15) is 10.1 Å². The van der Waals surface area contributed by atoms with Gasteiger partial charge in [0, 0.05) is 11.8 Å². The van der Waals surface area contributed by atoms with Crippen LogP contribution in [0.15, 0.2) is 35.7 Å². The van der Waals surface area contributed by atoms with Crippen LogP contribution in [-0.4, -0.2) is 4.92 Å². The maximum absolute atomic E-state index is 10.7. The molecular weight excluding hydrogens is 224 g/mol. The van der Waals surface area contributed by atoms with Crippen molar-refractivity contribution in [2.45, 2.75) is 6.92 Å². The summed E-state index contributed by atoms with van der Waals surface area (Å²) in [4.78, 5) is 10.3. The van der Waals surface area contributed by atoms with Gasteiger partial charge in [0.15, 0.2) is 5.00 Å². The van der Waals surface area contributed by atoms with Crippen molar-refractivity contribution < 1.29 is 4.92 Å². The fourth-order valence-electron chi connectivity index (χ4n) is 1.39. The first-order valence-electron chi connectivity index (χ1n) is 4.72. The number of aryl methyl sites for hydroxylation is 1. The highest BCUT2D eigenvalue weighted by Gasteiger charge is 2.14. The largest absolute Gasteiger partial charge is 0.342 e. The molecule has 2 aromatic rings. The Balaban J connectivity index is 2.27. The summed E-state index contributed by atoms with van der Waals surface area (Å²) in [7, 11) is 0. The second-order valence-electron chi connectivity index (χ2n) is 3.39. The van der Waals surface area contributed by atoms with E-state index in [4.69, 9.17) is 0 Å². The van der Waals surface area contributed by atoms with Crippen LogP contribution in [0.1, 0.15) is 5.56 Å². The van der Waals surface area contributed by atoms with Crippen LogP contribution in [0.3, 0.4) is 0 Å². The van der Waals surface area contributed by atoms with Gasteiger partial charge >= 0.3 is 5.69 Å². The first-order valence-corrected chi connectivity index (χ1v) is 5.60. The molecule has 0 fully saturated rings. The van der Waals surface area contributed by atoms with E-state index >= 15 is 0 Å². The molecule has 5 heteroatoms. The van der Waals surface area contributed by atoms with Gasteiger partial charge in [0.05, 0.1) is 4.92 Å². The normalized spacial score (nSPS) is 10.1. The number of benzene rings is 1. The van der Waals surface area contributed by atoms with Gasteiger partial charge in [0.2, 0.25) is 0 Å². The Labute approximate surface area is 96.7 Å². The van der Waals surface area contributed by atoms with E-state index in [2.05, 4.69) is 5.32 Å². The fourth-order valence-corrected chi connectivity index (χ4v) is 2.17. The molecule has 0 amide bonds. The second-order valence-corrected chi connectivity index (χ2v) is 4.30. The highest BCUT2D eigenvalue weighted by atomic mass is 32.1. The van der Waals surface area contributed by atoms with Crippen molar-refractivity contribution in [3.8, 4) is 0 Å². The van der Waals surface area contributed by atoms with Gasteiger partial charge in [-0.05, 0) is 30.0 Å². The number of nitro groups is 1. The van der Waals surface area contributed by atoms with E-state index in [1.165, 1.54) is 17.4 Å². The summed E-state index contributed by atoms with van der Waals surface area (Å²) in [6.07, 6.45) is 0. The summed E-state index contributed by atoms with van der Waals surface area (Å²) in [6.45, 7) is 1.98. The molecule has 0 saturated carbocycles. The predicted octanol–water partition coefficient (Wildman–Crippen LogP) is 3.71.